The zero-order valence-electron chi connectivity index (χ0n) is 14.8. The van der Waals surface area contributed by atoms with Crippen LogP contribution in [0.3, 0.4) is 0 Å². The molecule has 0 aliphatic heterocycles. The van der Waals surface area contributed by atoms with Crippen molar-refractivity contribution in [2.75, 3.05) is 5.32 Å². The molecule has 3 aromatic carbocycles. The lowest BCUT2D eigenvalue weighted by atomic mass is 10.2. The summed E-state index contributed by atoms with van der Waals surface area (Å²) in [7, 11) is -3.95. The fraction of sp³-hybridized carbons (Fsp3) is 0.0500. The highest BCUT2D eigenvalue weighted by atomic mass is 35.5. The average molecular weight is 453 g/mol. The molecule has 5 nitrogen and oxygen atoms in total. The number of hydrogen-bond acceptors (Lipinski definition) is 3. The van der Waals surface area contributed by atoms with Crippen LogP contribution in [-0.4, -0.2) is 14.3 Å². The van der Waals surface area contributed by atoms with Gasteiger partial charge in [0.15, 0.2) is 0 Å². The second kappa shape index (κ2) is 8.92. The molecule has 9 heteroatoms. The van der Waals surface area contributed by atoms with Gasteiger partial charge < -0.3 is 5.32 Å². The molecule has 0 aromatic heterocycles. The van der Waals surface area contributed by atoms with E-state index in [-0.39, 0.29) is 22.7 Å². The van der Waals surface area contributed by atoms with E-state index >= 15 is 0 Å². The van der Waals surface area contributed by atoms with Gasteiger partial charge in [0, 0.05) is 22.2 Å². The second-order valence-electron chi connectivity index (χ2n) is 6.06. The minimum absolute atomic E-state index is 0.0222. The molecule has 0 aliphatic rings. The molecule has 29 heavy (non-hydrogen) atoms. The van der Waals surface area contributed by atoms with Crippen LogP contribution >= 0.6 is 23.2 Å². The van der Waals surface area contributed by atoms with Gasteiger partial charge in [-0.1, -0.05) is 41.4 Å². The van der Waals surface area contributed by atoms with E-state index in [1.54, 1.807) is 36.4 Å². The topological polar surface area (TPSA) is 75.3 Å². The predicted octanol–water partition coefficient (Wildman–Crippen LogP) is 4.86. The minimum atomic E-state index is -3.95. The molecular formula is C20H15Cl2FN2O3S. The van der Waals surface area contributed by atoms with Gasteiger partial charge in [0.2, 0.25) is 10.0 Å². The summed E-state index contributed by atoms with van der Waals surface area (Å²) in [5.41, 5.74) is 0.800. The van der Waals surface area contributed by atoms with Crippen LogP contribution in [0.1, 0.15) is 15.9 Å². The standard InChI is InChI=1S/C20H15Cl2FN2O3S/c21-15-6-4-13(5-7-15)12-24-29(27,28)17-8-9-19(18(23)11-17)25-20(26)14-2-1-3-16(22)10-14/h1-11,24H,12H2,(H,25,26). The summed E-state index contributed by atoms with van der Waals surface area (Å²) in [5, 5.41) is 3.30. The van der Waals surface area contributed by atoms with Gasteiger partial charge in [-0.3, -0.25) is 4.79 Å². The number of hydrogen-bond donors (Lipinski definition) is 2. The van der Waals surface area contributed by atoms with E-state index in [1.807, 2.05) is 0 Å². The first-order valence-corrected chi connectivity index (χ1v) is 10.6. The number of carbonyl (C=O) groups is 1. The monoisotopic (exact) mass is 452 g/mol. The molecule has 0 unspecified atom stereocenters. The Bertz CT molecular complexity index is 1150. The molecule has 0 atom stereocenters. The maximum absolute atomic E-state index is 14.4. The van der Waals surface area contributed by atoms with Crippen LogP contribution < -0.4 is 10.0 Å². The van der Waals surface area contributed by atoms with Crippen molar-refractivity contribution < 1.29 is 17.6 Å². The minimum Gasteiger partial charge on any atom is -0.319 e. The highest BCUT2D eigenvalue weighted by molar-refractivity contribution is 7.89. The molecule has 0 radical (unpaired) electrons. The lowest BCUT2D eigenvalue weighted by Crippen LogP contribution is -2.23. The Morgan fingerprint density at radius 3 is 2.31 bits per heavy atom. The van der Waals surface area contributed by atoms with Crippen molar-refractivity contribution in [2.24, 2.45) is 0 Å². The van der Waals surface area contributed by atoms with E-state index in [0.29, 0.717) is 15.6 Å². The van der Waals surface area contributed by atoms with Gasteiger partial charge in [-0.05, 0) is 54.1 Å². The fourth-order valence-corrected chi connectivity index (χ4v) is 3.80. The Labute approximate surface area is 177 Å². The molecular weight excluding hydrogens is 438 g/mol. The van der Waals surface area contributed by atoms with E-state index in [9.17, 15) is 17.6 Å². The van der Waals surface area contributed by atoms with Crippen LogP contribution in [0.2, 0.25) is 10.0 Å². The van der Waals surface area contributed by atoms with Crippen LogP contribution in [0.15, 0.2) is 71.6 Å². The first-order valence-electron chi connectivity index (χ1n) is 8.35. The number of rotatable bonds is 6. The lowest BCUT2D eigenvalue weighted by molar-refractivity contribution is 0.102. The van der Waals surface area contributed by atoms with Gasteiger partial charge in [0.1, 0.15) is 5.82 Å². The summed E-state index contributed by atoms with van der Waals surface area (Å²) in [5.74, 6) is -1.45. The summed E-state index contributed by atoms with van der Waals surface area (Å²) in [6, 6.07) is 16.1. The van der Waals surface area contributed by atoms with E-state index in [1.165, 1.54) is 24.3 Å². The molecule has 0 saturated heterocycles. The highest BCUT2D eigenvalue weighted by Gasteiger charge is 2.17. The number of carbonyl (C=O) groups excluding carboxylic acids is 1. The molecule has 0 fully saturated rings. The number of sulfonamides is 1. The third-order valence-electron chi connectivity index (χ3n) is 3.97. The molecule has 0 aliphatic carbocycles. The maximum atomic E-state index is 14.4. The number of benzene rings is 3. The van der Waals surface area contributed by atoms with E-state index in [2.05, 4.69) is 10.0 Å². The summed E-state index contributed by atoms with van der Waals surface area (Å²) in [6.07, 6.45) is 0. The number of anilines is 1. The molecule has 3 aromatic rings. The molecule has 0 bridgehead atoms. The van der Waals surface area contributed by atoms with Crippen LogP contribution in [0.25, 0.3) is 0 Å². The Kier molecular flexibility index (Phi) is 6.54. The van der Waals surface area contributed by atoms with Crippen LogP contribution in [0.5, 0.6) is 0 Å². The molecule has 0 saturated carbocycles. The number of halogens is 3. The van der Waals surface area contributed by atoms with E-state index in [0.717, 1.165) is 6.07 Å². The van der Waals surface area contributed by atoms with Crippen LogP contribution in [-0.2, 0) is 16.6 Å². The molecule has 2 N–H and O–H groups in total. The van der Waals surface area contributed by atoms with Crippen LogP contribution in [0.4, 0.5) is 10.1 Å². The Morgan fingerprint density at radius 2 is 1.66 bits per heavy atom. The Balaban J connectivity index is 1.72. The van der Waals surface area contributed by atoms with Gasteiger partial charge in [-0.25, -0.2) is 17.5 Å². The van der Waals surface area contributed by atoms with Crippen molar-refractivity contribution in [3.05, 3.63) is 93.7 Å². The average Bonchev–Trinajstić information content (AvgIpc) is 2.69. The van der Waals surface area contributed by atoms with Gasteiger partial charge in [-0.15, -0.1) is 0 Å². The van der Waals surface area contributed by atoms with Gasteiger partial charge in [-0.2, -0.15) is 0 Å². The normalized spacial score (nSPS) is 11.3. The van der Waals surface area contributed by atoms with Crippen molar-refractivity contribution in [1.29, 1.82) is 0 Å². The number of nitrogens with one attached hydrogen (secondary N) is 2. The SMILES string of the molecule is O=C(Nc1ccc(S(=O)(=O)NCc2ccc(Cl)cc2)cc1F)c1cccc(Cl)c1. The lowest BCUT2D eigenvalue weighted by Gasteiger charge is -2.10. The third-order valence-corrected chi connectivity index (χ3v) is 5.85. The van der Waals surface area contributed by atoms with Gasteiger partial charge in [0.05, 0.1) is 10.6 Å². The van der Waals surface area contributed by atoms with Crippen LogP contribution in [0, 0.1) is 5.82 Å². The summed E-state index contributed by atoms with van der Waals surface area (Å²) in [6.45, 7) is 0.0222. The maximum Gasteiger partial charge on any atom is 0.255 e. The Morgan fingerprint density at radius 1 is 0.931 bits per heavy atom. The first-order chi connectivity index (χ1) is 13.7. The zero-order chi connectivity index (χ0) is 21.0. The van der Waals surface area contributed by atoms with Crippen molar-refractivity contribution in [3.8, 4) is 0 Å². The smallest absolute Gasteiger partial charge is 0.255 e. The first kappa shape index (κ1) is 21.3. The zero-order valence-corrected chi connectivity index (χ0v) is 17.2. The third kappa shape index (κ3) is 5.55. The largest absolute Gasteiger partial charge is 0.319 e. The Hall–Kier alpha value is -2.45. The highest BCUT2D eigenvalue weighted by Crippen LogP contribution is 2.21. The van der Waals surface area contributed by atoms with Crippen molar-refractivity contribution >= 4 is 44.8 Å². The summed E-state index contributed by atoms with van der Waals surface area (Å²) in [4.78, 5) is 11.9. The predicted molar refractivity (Wildman–Crippen MR) is 111 cm³/mol. The quantitative estimate of drug-likeness (QED) is 0.560. The summed E-state index contributed by atoms with van der Waals surface area (Å²) >= 11 is 11.6. The molecule has 1 amide bonds. The van der Waals surface area contributed by atoms with Gasteiger partial charge in [0.25, 0.3) is 5.91 Å². The summed E-state index contributed by atoms with van der Waals surface area (Å²) < 4.78 is 41.6. The molecule has 0 spiro atoms. The van der Waals surface area contributed by atoms with Crippen molar-refractivity contribution in [2.45, 2.75) is 11.4 Å². The molecule has 150 valence electrons. The van der Waals surface area contributed by atoms with Gasteiger partial charge >= 0.3 is 0 Å². The number of amides is 1. The molecule has 0 heterocycles. The second-order valence-corrected chi connectivity index (χ2v) is 8.70. The van der Waals surface area contributed by atoms with E-state index in [4.69, 9.17) is 23.2 Å². The van der Waals surface area contributed by atoms with Crippen molar-refractivity contribution in [1.82, 2.24) is 4.72 Å². The fourth-order valence-electron chi connectivity index (χ4n) is 2.45. The van der Waals surface area contributed by atoms with E-state index < -0.39 is 21.7 Å². The van der Waals surface area contributed by atoms with Crippen molar-refractivity contribution in [3.63, 3.8) is 0 Å². The molecule has 3 rings (SSSR count).